The lowest BCUT2D eigenvalue weighted by atomic mass is 10.1. The van der Waals surface area contributed by atoms with E-state index in [4.69, 9.17) is 18.9 Å². The van der Waals surface area contributed by atoms with Crippen molar-refractivity contribution in [2.75, 3.05) is 39.5 Å². The number of nitrogens with zero attached hydrogens (tertiary/aromatic N) is 1. The molecule has 8 nitrogen and oxygen atoms in total. The SMILES string of the molecule is CCCCOCCN(CCCOc1ccc(CC(OC(C)C)C(=O)O)cc1)C(=O)OCCCC. The maximum Gasteiger partial charge on any atom is 0.409 e. The van der Waals surface area contributed by atoms with Gasteiger partial charge in [0.05, 0.1) is 25.9 Å². The fraction of sp³-hybridized carbons (Fsp3) is 0.692. The molecule has 0 aliphatic rings. The average molecular weight is 482 g/mol. The summed E-state index contributed by atoms with van der Waals surface area (Å²) in [5, 5.41) is 9.32. The molecule has 1 atom stereocenters. The minimum atomic E-state index is -0.970. The fourth-order valence-corrected chi connectivity index (χ4v) is 3.12. The Kier molecular flexibility index (Phi) is 15.8. The number of benzene rings is 1. The maximum absolute atomic E-state index is 12.4. The first-order chi connectivity index (χ1) is 16.4. The molecule has 0 aliphatic carbocycles. The molecule has 8 heteroatoms. The summed E-state index contributed by atoms with van der Waals surface area (Å²) in [5.41, 5.74) is 0.865. The van der Waals surface area contributed by atoms with E-state index in [-0.39, 0.29) is 12.2 Å². The minimum absolute atomic E-state index is 0.157. The first-order valence-electron chi connectivity index (χ1n) is 12.5. The molecule has 0 saturated carbocycles. The van der Waals surface area contributed by atoms with E-state index in [0.717, 1.165) is 31.2 Å². The fourth-order valence-electron chi connectivity index (χ4n) is 3.12. The van der Waals surface area contributed by atoms with E-state index in [2.05, 4.69) is 13.8 Å². The zero-order chi connectivity index (χ0) is 25.2. The van der Waals surface area contributed by atoms with E-state index in [1.807, 2.05) is 38.1 Å². The number of unbranched alkanes of at least 4 members (excludes halogenated alkanes) is 2. The van der Waals surface area contributed by atoms with Crippen molar-refractivity contribution in [3.63, 3.8) is 0 Å². The molecule has 1 unspecified atom stereocenters. The van der Waals surface area contributed by atoms with Gasteiger partial charge < -0.3 is 29.0 Å². The lowest BCUT2D eigenvalue weighted by molar-refractivity contribution is -0.153. The van der Waals surface area contributed by atoms with Crippen molar-refractivity contribution in [3.8, 4) is 5.75 Å². The molecule has 1 aromatic rings. The van der Waals surface area contributed by atoms with Crippen LogP contribution in [0.25, 0.3) is 0 Å². The van der Waals surface area contributed by atoms with Gasteiger partial charge >= 0.3 is 12.1 Å². The van der Waals surface area contributed by atoms with Gasteiger partial charge in [-0.3, -0.25) is 0 Å². The summed E-state index contributed by atoms with van der Waals surface area (Å²) in [5.74, 6) is -0.275. The molecular formula is C26H43NO7. The van der Waals surface area contributed by atoms with Crippen molar-refractivity contribution in [2.45, 2.75) is 78.4 Å². The number of hydrogen-bond acceptors (Lipinski definition) is 6. The van der Waals surface area contributed by atoms with Crippen molar-refractivity contribution < 1.29 is 33.6 Å². The molecule has 0 fully saturated rings. The third kappa shape index (κ3) is 13.4. The van der Waals surface area contributed by atoms with Crippen molar-refractivity contribution in [3.05, 3.63) is 29.8 Å². The van der Waals surface area contributed by atoms with Gasteiger partial charge in [-0.2, -0.15) is 0 Å². The normalized spacial score (nSPS) is 11.9. The van der Waals surface area contributed by atoms with Gasteiger partial charge in [0.2, 0.25) is 0 Å². The van der Waals surface area contributed by atoms with Crippen LogP contribution >= 0.6 is 0 Å². The Bertz CT molecular complexity index is 678. The van der Waals surface area contributed by atoms with Crippen LogP contribution in [0.15, 0.2) is 24.3 Å². The number of carbonyl (C=O) groups excluding carboxylic acids is 1. The van der Waals surface area contributed by atoms with Crippen LogP contribution in [-0.2, 0) is 25.4 Å². The topological polar surface area (TPSA) is 94.5 Å². The van der Waals surface area contributed by atoms with Gasteiger partial charge in [-0.15, -0.1) is 0 Å². The van der Waals surface area contributed by atoms with Gasteiger partial charge in [0.1, 0.15) is 5.75 Å². The Balaban J connectivity index is 2.47. The number of carboxylic acid groups (broad SMARTS) is 1. The summed E-state index contributed by atoms with van der Waals surface area (Å²) < 4.78 is 22.2. The van der Waals surface area contributed by atoms with E-state index >= 15 is 0 Å². The molecule has 34 heavy (non-hydrogen) atoms. The smallest absolute Gasteiger partial charge is 0.409 e. The minimum Gasteiger partial charge on any atom is -0.494 e. The van der Waals surface area contributed by atoms with E-state index < -0.39 is 12.1 Å². The molecule has 1 rings (SSSR count). The highest BCUT2D eigenvalue weighted by atomic mass is 16.6. The Morgan fingerprint density at radius 1 is 0.912 bits per heavy atom. The largest absolute Gasteiger partial charge is 0.494 e. The highest BCUT2D eigenvalue weighted by Gasteiger charge is 2.20. The quantitative estimate of drug-likeness (QED) is 0.280. The number of amides is 1. The Morgan fingerprint density at radius 3 is 2.21 bits per heavy atom. The summed E-state index contributed by atoms with van der Waals surface area (Å²) >= 11 is 0. The van der Waals surface area contributed by atoms with Crippen LogP contribution in [0, 0.1) is 0 Å². The van der Waals surface area contributed by atoms with Crippen molar-refractivity contribution in [1.82, 2.24) is 4.90 Å². The average Bonchev–Trinajstić information content (AvgIpc) is 2.80. The van der Waals surface area contributed by atoms with E-state index in [0.29, 0.717) is 58.1 Å². The molecule has 0 aliphatic heterocycles. The molecule has 0 bridgehead atoms. The van der Waals surface area contributed by atoms with Crippen LogP contribution < -0.4 is 4.74 Å². The predicted octanol–water partition coefficient (Wildman–Crippen LogP) is 4.93. The second-order valence-corrected chi connectivity index (χ2v) is 8.48. The summed E-state index contributed by atoms with van der Waals surface area (Å²) in [4.78, 5) is 25.4. The predicted molar refractivity (Wildman–Crippen MR) is 131 cm³/mol. The lowest BCUT2D eigenvalue weighted by Gasteiger charge is -2.22. The van der Waals surface area contributed by atoms with Crippen LogP contribution in [0.5, 0.6) is 5.75 Å². The van der Waals surface area contributed by atoms with E-state index in [9.17, 15) is 14.7 Å². The molecule has 1 N–H and O–H groups in total. The van der Waals surface area contributed by atoms with Crippen molar-refractivity contribution >= 4 is 12.1 Å². The van der Waals surface area contributed by atoms with Crippen molar-refractivity contribution in [1.29, 1.82) is 0 Å². The van der Waals surface area contributed by atoms with Crippen LogP contribution in [0.3, 0.4) is 0 Å². The van der Waals surface area contributed by atoms with Gasteiger partial charge in [-0.05, 0) is 50.8 Å². The first-order valence-corrected chi connectivity index (χ1v) is 12.5. The number of carbonyl (C=O) groups is 2. The van der Waals surface area contributed by atoms with Crippen LogP contribution in [0.1, 0.15) is 65.4 Å². The second-order valence-electron chi connectivity index (χ2n) is 8.48. The first kappa shape index (κ1) is 29.7. The number of aliphatic carboxylic acids is 1. The molecule has 0 aromatic heterocycles. The van der Waals surface area contributed by atoms with Gasteiger partial charge in [0.15, 0.2) is 6.10 Å². The zero-order valence-corrected chi connectivity index (χ0v) is 21.3. The summed E-state index contributed by atoms with van der Waals surface area (Å²) in [6, 6.07) is 7.34. The summed E-state index contributed by atoms with van der Waals surface area (Å²) in [6.45, 7) is 10.9. The number of rotatable bonds is 19. The van der Waals surface area contributed by atoms with E-state index in [1.54, 1.807) is 4.90 Å². The van der Waals surface area contributed by atoms with E-state index in [1.165, 1.54) is 0 Å². The molecule has 194 valence electrons. The second kappa shape index (κ2) is 18.1. The van der Waals surface area contributed by atoms with Crippen LogP contribution in [0.2, 0.25) is 0 Å². The number of hydrogen-bond donors (Lipinski definition) is 1. The Labute approximate surface area is 204 Å². The van der Waals surface area contributed by atoms with Crippen molar-refractivity contribution in [2.24, 2.45) is 0 Å². The maximum atomic E-state index is 12.4. The summed E-state index contributed by atoms with van der Waals surface area (Å²) in [7, 11) is 0. The highest BCUT2D eigenvalue weighted by Crippen LogP contribution is 2.15. The van der Waals surface area contributed by atoms with Gasteiger partial charge in [0.25, 0.3) is 0 Å². The molecule has 0 heterocycles. The Morgan fingerprint density at radius 2 is 1.59 bits per heavy atom. The molecule has 0 saturated heterocycles. The van der Waals surface area contributed by atoms with Gasteiger partial charge in [-0.25, -0.2) is 9.59 Å². The van der Waals surface area contributed by atoms with Crippen LogP contribution in [-0.4, -0.2) is 73.8 Å². The molecule has 0 radical (unpaired) electrons. The molecule has 1 amide bonds. The van der Waals surface area contributed by atoms with Crippen LogP contribution in [0.4, 0.5) is 4.79 Å². The molecular weight excluding hydrogens is 438 g/mol. The van der Waals surface area contributed by atoms with Gasteiger partial charge in [0, 0.05) is 26.1 Å². The third-order valence-corrected chi connectivity index (χ3v) is 5.03. The molecule has 0 spiro atoms. The Hall–Kier alpha value is -2.32. The third-order valence-electron chi connectivity index (χ3n) is 5.03. The standard InChI is InChI=1S/C26H43NO7/c1-5-7-16-31-19-15-27(26(30)33-17-8-6-2)14-9-18-32-23-12-10-22(11-13-23)20-24(25(28)29)34-21(3)4/h10-13,21,24H,5-9,14-20H2,1-4H3,(H,28,29). The zero-order valence-electron chi connectivity index (χ0n) is 21.3. The monoisotopic (exact) mass is 481 g/mol. The summed E-state index contributed by atoms with van der Waals surface area (Å²) in [6.07, 6.45) is 3.52. The lowest BCUT2D eigenvalue weighted by Crippen LogP contribution is -2.36. The van der Waals surface area contributed by atoms with Gasteiger partial charge in [-0.1, -0.05) is 38.8 Å². The number of ether oxygens (including phenoxy) is 4. The number of carboxylic acids is 1. The molecule has 1 aromatic carbocycles. The highest BCUT2D eigenvalue weighted by molar-refractivity contribution is 5.72.